The molecule has 100 valence electrons. The first-order valence-electron chi connectivity index (χ1n) is 6.79. The molecule has 3 nitrogen and oxygen atoms in total. The zero-order valence-corrected chi connectivity index (χ0v) is 11.5. The number of hydrogen-bond donors (Lipinski definition) is 2. The Morgan fingerprint density at radius 1 is 1.11 bits per heavy atom. The Kier molecular flexibility index (Phi) is 7.11. The summed E-state index contributed by atoms with van der Waals surface area (Å²) in [6.45, 7) is 3.03. The fraction of sp³-hybridized carbons (Fsp3) is 0.533. The number of anilines is 1. The zero-order chi connectivity index (χ0) is 13.2. The van der Waals surface area contributed by atoms with Gasteiger partial charge in [-0.25, -0.2) is 0 Å². The lowest BCUT2D eigenvalue weighted by Crippen LogP contribution is -2.11. The molecule has 0 saturated carbocycles. The Morgan fingerprint density at radius 2 is 1.83 bits per heavy atom. The number of rotatable bonds is 8. The second kappa shape index (κ2) is 8.70. The van der Waals surface area contributed by atoms with E-state index in [9.17, 15) is 4.79 Å². The smallest absolute Gasteiger partial charge is 0.224 e. The lowest BCUT2D eigenvalue weighted by molar-refractivity contribution is -0.116. The van der Waals surface area contributed by atoms with E-state index < -0.39 is 0 Å². The molecule has 0 aliphatic carbocycles. The Balaban J connectivity index is 2.30. The number of carbonyl (C=O) groups excluding carboxylic acids is 1. The van der Waals surface area contributed by atoms with E-state index in [1.807, 2.05) is 31.3 Å². The molecule has 0 spiro atoms. The summed E-state index contributed by atoms with van der Waals surface area (Å²) in [5.41, 5.74) is 2.11. The van der Waals surface area contributed by atoms with Crippen LogP contribution in [0.2, 0.25) is 0 Å². The van der Waals surface area contributed by atoms with Crippen LogP contribution in [0.5, 0.6) is 0 Å². The van der Waals surface area contributed by atoms with Crippen LogP contribution in [0, 0.1) is 0 Å². The minimum Gasteiger partial charge on any atom is -0.326 e. The van der Waals surface area contributed by atoms with Gasteiger partial charge in [0.2, 0.25) is 5.91 Å². The van der Waals surface area contributed by atoms with Gasteiger partial charge in [0.05, 0.1) is 0 Å². The highest BCUT2D eigenvalue weighted by Gasteiger charge is 2.01. The third kappa shape index (κ3) is 5.82. The molecule has 0 fully saturated rings. The SMILES string of the molecule is CCCCCCC(=O)Nc1ccc(CNC)cc1. The molecule has 0 atom stereocenters. The lowest BCUT2D eigenvalue weighted by Gasteiger charge is -2.06. The van der Waals surface area contributed by atoms with Gasteiger partial charge in [0, 0.05) is 18.7 Å². The normalized spacial score (nSPS) is 10.3. The maximum atomic E-state index is 11.7. The van der Waals surface area contributed by atoms with Crippen LogP contribution in [0.4, 0.5) is 5.69 Å². The van der Waals surface area contributed by atoms with Crippen molar-refractivity contribution in [3.05, 3.63) is 29.8 Å². The number of amides is 1. The molecule has 0 bridgehead atoms. The van der Waals surface area contributed by atoms with Crippen LogP contribution in [-0.4, -0.2) is 13.0 Å². The molecule has 2 N–H and O–H groups in total. The molecule has 3 heteroatoms. The van der Waals surface area contributed by atoms with Gasteiger partial charge in [-0.05, 0) is 31.2 Å². The zero-order valence-electron chi connectivity index (χ0n) is 11.5. The van der Waals surface area contributed by atoms with Gasteiger partial charge in [0.25, 0.3) is 0 Å². The minimum atomic E-state index is 0.118. The number of unbranched alkanes of at least 4 members (excludes halogenated alkanes) is 3. The predicted octanol–water partition coefficient (Wildman–Crippen LogP) is 3.31. The van der Waals surface area contributed by atoms with Crippen molar-refractivity contribution < 1.29 is 4.79 Å². The summed E-state index contributed by atoms with van der Waals surface area (Å²) < 4.78 is 0. The van der Waals surface area contributed by atoms with Crippen molar-refractivity contribution >= 4 is 11.6 Å². The van der Waals surface area contributed by atoms with E-state index in [1.54, 1.807) is 0 Å². The summed E-state index contributed by atoms with van der Waals surface area (Å²) in [4.78, 5) is 11.7. The first-order chi connectivity index (χ1) is 8.76. The highest BCUT2D eigenvalue weighted by atomic mass is 16.1. The first-order valence-corrected chi connectivity index (χ1v) is 6.79. The first kappa shape index (κ1) is 14.7. The average Bonchev–Trinajstić information content (AvgIpc) is 2.37. The van der Waals surface area contributed by atoms with Crippen molar-refractivity contribution in [3.8, 4) is 0 Å². The number of hydrogen-bond acceptors (Lipinski definition) is 2. The average molecular weight is 248 g/mol. The van der Waals surface area contributed by atoms with E-state index in [0.29, 0.717) is 6.42 Å². The molecular weight excluding hydrogens is 224 g/mol. The van der Waals surface area contributed by atoms with E-state index in [2.05, 4.69) is 17.6 Å². The van der Waals surface area contributed by atoms with Crippen LogP contribution in [0.1, 0.15) is 44.6 Å². The maximum Gasteiger partial charge on any atom is 0.224 e. The van der Waals surface area contributed by atoms with Crippen molar-refractivity contribution in [2.75, 3.05) is 12.4 Å². The Hall–Kier alpha value is -1.35. The molecule has 0 aliphatic rings. The van der Waals surface area contributed by atoms with Crippen LogP contribution in [0.25, 0.3) is 0 Å². The molecule has 18 heavy (non-hydrogen) atoms. The van der Waals surface area contributed by atoms with Crippen molar-refractivity contribution in [3.63, 3.8) is 0 Å². The van der Waals surface area contributed by atoms with Gasteiger partial charge in [-0.15, -0.1) is 0 Å². The molecular formula is C15H24N2O. The second-order valence-electron chi connectivity index (χ2n) is 4.59. The fourth-order valence-electron chi connectivity index (χ4n) is 1.85. The predicted molar refractivity (Wildman–Crippen MR) is 76.6 cm³/mol. The molecule has 1 rings (SSSR count). The molecule has 1 aromatic carbocycles. The molecule has 1 aromatic rings. The van der Waals surface area contributed by atoms with Gasteiger partial charge in [0.1, 0.15) is 0 Å². The van der Waals surface area contributed by atoms with Gasteiger partial charge in [-0.3, -0.25) is 4.79 Å². The van der Waals surface area contributed by atoms with Crippen LogP contribution in [0.15, 0.2) is 24.3 Å². The standard InChI is InChI=1S/C15H24N2O/c1-3-4-5-6-7-15(18)17-14-10-8-13(9-11-14)12-16-2/h8-11,16H,3-7,12H2,1-2H3,(H,17,18). The molecule has 0 aliphatic heterocycles. The van der Waals surface area contributed by atoms with Crippen LogP contribution in [-0.2, 0) is 11.3 Å². The lowest BCUT2D eigenvalue weighted by atomic mass is 10.1. The van der Waals surface area contributed by atoms with Crippen molar-refractivity contribution in [1.29, 1.82) is 0 Å². The Morgan fingerprint density at radius 3 is 2.44 bits per heavy atom. The molecule has 0 unspecified atom stereocenters. The van der Waals surface area contributed by atoms with Crippen LogP contribution in [0.3, 0.4) is 0 Å². The van der Waals surface area contributed by atoms with E-state index >= 15 is 0 Å². The summed E-state index contributed by atoms with van der Waals surface area (Å²) >= 11 is 0. The monoisotopic (exact) mass is 248 g/mol. The Bertz CT molecular complexity index is 346. The number of carbonyl (C=O) groups is 1. The summed E-state index contributed by atoms with van der Waals surface area (Å²) in [6, 6.07) is 7.97. The maximum absolute atomic E-state index is 11.7. The molecule has 0 aromatic heterocycles. The molecule has 1 amide bonds. The van der Waals surface area contributed by atoms with Crippen molar-refractivity contribution in [1.82, 2.24) is 5.32 Å². The van der Waals surface area contributed by atoms with Gasteiger partial charge < -0.3 is 10.6 Å². The van der Waals surface area contributed by atoms with E-state index in [1.165, 1.54) is 18.4 Å². The largest absolute Gasteiger partial charge is 0.326 e. The third-order valence-corrected chi connectivity index (χ3v) is 2.88. The van der Waals surface area contributed by atoms with E-state index in [0.717, 1.165) is 25.1 Å². The van der Waals surface area contributed by atoms with Crippen LogP contribution >= 0.6 is 0 Å². The quantitative estimate of drug-likeness (QED) is 0.693. The van der Waals surface area contributed by atoms with Gasteiger partial charge in [-0.2, -0.15) is 0 Å². The summed E-state index contributed by atoms with van der Waals surface area (Å²) in [5, 5.41) is 6.03. The summed E-state index contributed by atoms with van der Waals surface area (Å²) in [5.74, 6) is 0.118. The van der Waals surface area contributed by atoms with Gasteiger partial charge in [0.15, 0.2) is 0 Å². The second-order valence-corrected chi connectivity index (χ2v) is 4.59. The topological polar surface area (TPSA) is 41.1 Å². The van der Waals surface area contributed by atoms with Gasteiger partial charge >= 0.3 is 0 Å². The summed E-state index contributed by atoms with van der Waals surface area (Å²) in [7, 11) is 1.92. The molecule has 0 heterocycles. The van der Waals surface area contributed by atoms with Crippen LogP contribution < -0.4 is 10.6 Å². The van der Waals surface area contributed by atoms with E-state index in [4.69, 9.17) is 0 Å². The van der Waals surface area contributed by atoms with Crippen molar-refractivity contribution in [2.45, 2.75) is 45.6 Å². The van der Waals surface area contributed by atoms with Crippen molar-refractivity contribution in [2.24, 2.45) is 0 Å². The highest BCUT2D eigenvalue weighted by Crippen LogP contribution is 2.11. The third-order valence-electron chi connectivity index (χ3n) is 2.88. The number of nitrogens with one attached hydrogen (secondary N) is 2. The minimum absolute atomic E-state index is 0.118. The summed E-state index contributed by atoms with van der Waals surface area (Å²) in [6.07, 6.45) is 5.17. The molecule has 0 saturated heterocycles. The van der Waals surface area contributed by atoms with E-state index in [-0.39, 0.29) is 5.91 Å². The fourth-order valence-corrected chi connectivity index (χ4v) is 1.85. The number of benzene rings is 1. The highest BCUT2D eigenvalue weighted by molar-refractivity contribution is 5.90. The Labute approximate surface area is 110 Å². The van der Waals surface area contributed by atoms with Gasteiger partial charge in [-0.1, -0.05) is 38.3 Å². The molecule has 0 radical (unpaired) electrons.